The number of rotatable bonds is 8. The van der Waals surface area contributed by atoms with E-state index in [1.807, 2.05) is 23.2 Å². The predicted octanol–water partition coefficient (Wildman–Crippen LogP) is 5.10. The maximum absolute atomic E-state index is 4.40. The van der Waals surface area contributed by atoms with Crippen LogP contribution in [0.5, 0.6) is 0 Å². The summed E-state index contributed by atoms with van der Waals surface area (Å²) in [6, 6.07) is 8.26. The van der Waals surface area contributed by atoms with Gasteiger partial charge in [-0.3, -0.25) is 5.01 Å². The quantitative estimate of drug-likeness (QED) is 0.363. The second kappa shape index (κ2) is 8.46. The first kappa shape index (κ1) is 15.4. The van der Waals surface area contributed by atoms with Gasteiger partial charge in [0.25, 0.3) is 0 Å². The zero-order valence-corrected chi connectivity index (χ0v) is 12.3. The monoisotopic (exact) mass is 259 g/mol. The topological polar surface area (TPSA) is 28.0 Å². The summed E-state index contributed by atoms with van der Waals surface area (Å²) >= 11 is 0. The van der Waals surface area contributed by atoms with Crippen LogP contribution in [0, 0.1) is 0 Å². The first-order chi connectivity index (χ1) is 9.22. The van der Waals surface area contributed by atoms with Gasteiger partial charge in [0.05, 0.1) is 5.69 Å². The Hall–Kier alpha value is -1.64. The molecule has 0 bridgehead atoms. The lowest BCUT2D eigenvalue weighted by atomic mass is 9.95. The summed E-state index contributed by atoms with van der Waals surface area (Å²) in [7, 11) is 0. The molecule has 0 N–H and O–H groups in total. The molecule has 0 saturated carbocycles. The normalized spacial score (nSPS) is 12.6. The van der Waals surface area contributed by atoms with Crippen molar-refractivity contribution in [3.8, 4) is 0 Å². The summed E-state index contributed by atoms with van der Waals surface area (Å²) in [5.74, 6) is 0.477. The lowest BCUT2D eigenvalue weighted by Gasteiger charge is -2.14. The van der Waals surface area contributed by atoms with Crippen LogP contribution >= 0.6 is 0 Å². The smallest absolute Gasteiger partial charge is 0.0908 e. The molecule has 1 rings (SSSR count). The SMILES string of the molecule is C=CCCC(C)c1ccccc1N=NN(CC)CC. The van der Waals surface area contributed by atoms with Gasteiger partial charge in [-0.05, 0) is 44.2 Å². The zero-order valence-electron chi connectivity index (χ0n) is 12.3. The van der Waals surface area contributed by atoms with Crippen molar-refractivity contribution in [1.29, 1.82) is 0 Å². The van der Waals surface area contributed by atoms with Crippen LogP contribution in [0.3, 0.4) is 0 Å². The Kier molecular flexibility index (Phi) is 6.86. The van der Waals surface area contributed by atoms with Gasteiger partial charge >= 0.3 is 0 Å². The molecule has 1 atom stereocenters. The molecular weight excluding hydrogens is 234 g/mol. The molecule has 0 aliphatic rings. The highest BCUT2D eigenvalue weighted by molar-refractivity contribution is 5.46. The summed E-state index contributed by atoms with van der Waals surface area (Å²) < 4.78 is 0. The van der Waals surface area contributed by atoms with E-state index in [1.165, 1.54) is 5.56 Å². The van der Waals surface area contributed by atoms with Crippen LogP contribution in [0.1, 0.15) is 45.1 Å². The van der Waals surface area contributed by atoms with Crippen molar-refractivity contribution in [2.75, 3.05) is 13.1 Å². The second-order valence-corrected chi connectivity index (χ2v) is 4.65. The molecule has 0 aliphatic carbocycles. The van der Waals surface area contributed by atoms with Crippen molar-refractivity contribution in [3.05, 3.63) is 42.5 Å². The van der Waals surface area contributed by atoms with Crippen molar-refractivity contribution in [2.45, 2.75) is 39.5 Å². The van der Waals surface area contributed by atoms with Crippen molar-refractivity contribution in [3.63, 3.8) is 0 Å². The summed E-state index contributed by atoms with van der Waals surface area (Å²) in [4.78, 5) is 0. The molecule has 0 radical (unpaired) electrons. The molecule has 19 heavy (non-hydrogen) atoms. The van der Waals surface area contributed by atoms with Crippen molar-refractivity contribution >= 4 is 5.69 Å². The standard InChI is InChI=1S/C16H25N3/c1-5-8-11-14(4)15-12-9-10-13-16(15)17-18-19(6-2)7-3/h5,9-10,12-14H,1,6-8,11H2,2-4H3. The van der Waals surface area contributed by atoms with Gasteiger partial charge < -0.3 is 0 Å². The van der Waals surface area contributed by atoms with E-state index < -0.39 is 0 Å². The average molecular weight is 259 g/mol. The van der Waals surface area contributed by atoms with Crippen molar-refractivity contribution in [2.24, 2.45) is 10.3 Å². The molecule has 0 saturated heterocycles. The fourth-order valence-electron chi connectivity index (χ4n) is 1.98. The van der Waals surface area contributed by atoms with Crippen LogP contribution in [0.2, 0.25) is 0 Å². The minimum Gasteiger partial charge on any atom is -0.279 e. The largest absolute Gasteiger partial charge is 0.279 e. The fraction of sp³-hybridized carbons (Fsp3) is 0.500. The number of benzene rings is 1. The van der Waals surface area contributed by atoms with E-state index in [4.69, 9.17) is 0 Å². The highest BCUT2D eigenvalue weighted by atomic mass is 15.5. The van der Waals surface area contributed by atoms with Crippen LogP contribution < -0.4 is 0 Å². The number of nitrogens with zero attached hydrogens (tertiary/aromatic N) is 3. The molecule has 1 aromatic rings. The number of hydrogen-bond acceptors (Lipinski definition) is 2. The van der Waals surface area contributed by atoms with Gasteiger partial charge in [-0.2, -0.15) is 0 Å². The lowest BCUT2D eigenvalue weighted by molar-refractivity contribution is 0.300. The van der Waals surface area contributed by atoms with Gasteiger partial charge in [-0.1, -0.05) is 36.4 Å². The molecule has 0 aromatic heterocycles. The van der Waals surface area contributed by atoms with Gasteiger partial charge in [0.15, 0.2) is 0 Å². The first-order valence-corrected chi connectivity index (χ1v) is 7.09. The maximum Gasteiger partial charge on any atom is 0.0908 e. The third-order valence-electron chi connectivity index (χ3n) is 3.28. The first-order valence-electron chi connectivity index (χ1n) is 7.09. The van der Waals surface area contributed by atoms with E-state index in [2.05, 4.69) is 49.8 Å². The Morgan fingerprint density at radius 1 is 1.26 bits per heavy atom. The molecule has 0 aliphatic heterocycles. The molecule has 1 aromatic carbocycles. The number of allylic oxidation sites excluding steroid dienone is 1. The lowest BCUT2D eigenvalue weighted by Crippen LogP contribution is -2.14. The number of hydrogen-bond donors (Lipinski definition) is 0. The highest BCUT2D eigenvalue weighted by Gasteiger charge is 2.09. The van der Waals surface area contributed by atoms with E-state index in [-0.39, 0.29) is 0 Å². The van der Waals surface area contributed by atoms with Gasteiger partial charge in [0.1, 0.15) is 0 Å². The second-order valence-electron chi connectivity index (χ2n) is 4.65. The molecule has 0 amide bonds. The maximum atomic E-state index is 4.40. The molecule has 0 heterocycles. The molecule has 0 fully saturated rings. The summed E-state index contributed by atoms with van der Waals surface area (Å²) in [6.07, 6.45) is 4.10. The minimum atomic E-state index is 0.477. The molecule has 3 nitrogen and oxygen atoms in total. The van der Waals surface area contributed by atoms with Gasteiger partial charge in [-0.25, -0.2) is 0 Å². The Balaban J connectivity index is 2.86. The van der Waals surface area contributed by atoms with Crippen LogP contribution in [-0.2, 0) is 0 Å². The summed E-state index contributed by atoms with van der Waals surface area (Å²) in [5.41, 5.74) is 2.24. The Morgan fingerprint density at radius 3 is 2.58 bits per heavy atom. The predicted molar refractivity (Wildman–Crippen MR) is 81.7 cm³/mol. The summed E-state index contributed by atoms with van der Waals surface area (Å²) in [6.45, 7) is 11.9. The third-order valence-corrected chi connectivity index (χ3v) is 3.28. The van der Waals surface area contributed by atoms with Crippen LogP contribution in [-0.4, -0.2) is 18.1 Å². The fourth-order valence-corrected chi connectivity index (χ4v) is 1.98. The van der Waals surface area contributed by atoms with Crippen LogP contribution in [0.25, 0.3) is 0 Å². The third kappa shape index (κ3) is 4.86. The van der Waals surface area contributed by atoms with E-state index >= 15 is 0 Å². The summed E-state index contributed by atoms with van der Waals surface area (Å²) in [5, 5.41) is 10.6. The van der Waals surface area contributed by atoms with Gasteiger partial charge in [-0.15, -0.1) is 11.7 Å². The zero-order chi connectivity index (χ0) is 14.1. The molecule has 3 heteroatoms. The minimum absolute atomic E-state index is 0.477. The van der Waals surface area contributed by atoms with Crippen molar-refractivity contribution in [1.82, 2.24) is 5.01 Å². The van der Waals surface area contributed by atoms with Gasteiger partial charge in [0.2, 0.25) is 0 Å². The molecule has 1 unspecified atom stereocenters. The molecule has 0 spiro atoms. The highest BCUT2D eigenvalue weighted by Crippen LogP contribution is 2.30. The Labute approximate surface area is 117 Å². The van der Waals surface area contributed by atoms with E-state index in [0.717, 1.165) is 31.6 Å². The Bertz CT molecular complexity index is 408. The van der Waals surface area contributed by atoms with E-state index in [9.17, 15) is 0 Å². The van der Waals surface area contributed by atoms with Crippen LogP contribution in [0.15, 0.2) is 47.3 Å². The van der Waals surface area contributed by atoms with E-state index in [0.29, 0.717) is 5.92 Å². The van der Waals surface area contributed by atoms with Crippen molar-refractivity contribution < 1.29 is 0 Å². The average Bonchev–Trinajstić information content (AvgIpc) is 2.46. The van der Waals surface area contributed by atoms with E-state index in [1.54, 1.807) is 0 Å². The Morgan fingerprint density at radius 2 is 1.95 bits per heavy atom. The van der Waals surface area contributed by atoms with Crippen LogP contribution in [0.4, 0.5) is 5.69 Å². The molecule has 104 valence electrons. The van der Waals surface area contributed by atoms with Gasteiger partial charge in [0, 0.05) is 13.1 Å². The molecular formula is C16H25N3.